The molecule has 0 radical (unpaired) electrons. The van der Waals surface area contributed by atoms with Gasteiger partial charge in [0.25, 0.3) is 0 Å². The number of rotatable bonds is 30. The summed E-state index contributed by atoms with van der Waals surface area (Å²) in [5, 5.41) is 25.6. The number of thiazole rings is 2. The quantitative estimate of drug-likeness (QED) is 0.0184. The number of carbonyl (C=O) groups excluding carboxylic acids is 5. The van der Waals surface area contributed by atoms with Gasteiger partial charge in [0.05, 0.1) is 56.6 Å². The van der Waals surface area contributed by atoms with E-state index in [1.54, 1.807) is 78.2 Å². The maximum atomic E-state index is 14.7. The second kappa shape index (κ2) is 38.7. The summed E-state index contributed by atoms with van der Waals surface area (Å²) in [5.41, 5.74) is 7.29. The maximum absolute atomic E-state index is 14.7. The molecule has 2 aliphatic heterocycles. The molecule has 0 unspecified atom stereocenters. The molecule has 0 saturated carbocycles. The number of nitrogens with one attached hydrogen (secondary N) is 2. The van der Waals surface area contributed by atoms with E-state index in [1.807, 2.05) is 51.1 Å². The molecule has 10 heterocycles. The van der Waals surface area contributed by atoms with Crippen LogP contribution in [0.25, 0.3) is 42.8 Å². The third-order valence-corrected chi connectivity index (χ3v) is 19.4. The van der Waals surface area contributed by atoms with Gasteiger partial charge in [-0.15, -0.1) is 24.7 Å². The molecular weight excluding hydrogens is 1560 g/mol. The number of hydrogen-bond acceptors (Lipinski definition) is 27. The van der Waals surface area contributed by atoms with Gasteiger partial charge in [0.1, 0.15) is 84.8 Å². The zero-order valence-corrected chi connectivity index (χ0v) is 69.0. The molecule has 0 bridgehead atoms. The van der Waals surface area contributed by atoms with Crippen molar-refractivity contribution in [2.45, 2.75) is 221 Å². The molecule has 2 aliphatic rings. The second-order valence-electron chi connectivity index (χ2n) is 31.7. The number of fused-ring (bicyclic) bond motifs is 4. The summed E-state index contributed by atoms with van der Waals surface area (Å²) in [7, 11) is 0. The van der Waals surface area contributed by atoms with Gasteiger partial charge in [-0.2, -0.15) is 20.5 Å². The molecule has 0 fully saturated rings. The minimum absolute atomic E-state index is 0. The fraction of sp³-hybridized carbons (Fsp3) is 0.463. The molecule has 4 amide bonds. The van der Waals surface area contributed by atoms with Gasteiger partial charge >= 0.3 is 30.3 Å². The van der Waals surface area contributed by atoms with Crippen molar-refractivity contribution in [1.82, 2.24) is 69.6 Å². The zero-order valence-electron chi connectivity index (χ0n) is 67.4. The number of ether oxygens (including phenoxy) is 4. The van der Waals surface area contributed by atoms with E-state index in [0.29, 0.717) is 132 Å². The van der Waals surface area contributed by atoms with Crippen molar-refractivity contribution in [3.8, 4) is 24.7 Å². The Bertz CT molecular complexity index is 5380. The summed E-state index contributed by atoms with van der Waals surface area (Å²) >= 11 is 2.60. The van der Waals surface area contributed by atoms with Gasteiger partial charge in [0, 0.05) is 128 Å². The van der Waals surface area contributed by atoms with Crippen molar-refractivity contribution in [3.05, 3.63) is 136 Å². The Morgan fingerprint density at radius 1 is 0.525 bits per heavy atom. The molecule has 0 aliphatic carbocycles. The lowest BCUT2D eigenvalue weighted by Crippen LogP contribution is -2.39. The van der Waals surface area contributed by atoms with Crippen LogP contribution >= 0.6 is 22.7 Å². The molecule has 10 aromatic rings. The number of terminal acetylenes is 2. The average molecular weight is 1660 g/mol. The summed E-state index contributed by atoms with van der Waals surface area (Å²) in [5.74, 6) is 4.91. The van der Waals surface area contributed by atoms with Crippen LogP contribution in [0.4, 0.5) is 45.3 Å². The molecule has 0 atom stereocenters. The van der Waals surface area contributed by atoms with E-state index >= 15 is 0 Å². The smallest absolute Gasteiger partial charge is 0.416 e. The zero-order chi connectivity index (χ0) is 84.6. The number of nitrogens with zero attached hydrogens (tertiary/aromatic N) is 18. The lowest BCUT2D eigenvalue weighted by Gasteiger charge is -2.27. The number of anilines is 3. The molecule has 36 heteroatoms. The summed E-state index contributed by atoms with van der Waals surface area (Å²) in [6.45, 7) is 21.9. The number of imidazole rings is 2. The van der Waals surface area contributed by atoms with E-state index in [-0.39, 0.29) is 75.3 Å². The van der Waals surface area contributed by atoms with E-state index in [1.165, 1.54) is 81.8 Å². The van der Waals surface area contributed by atoms with Crippen LogP contribution in [0, 0.1) is 36.3 Å². The molecule has 118 heavy (non-hydrogen) atoms. The lowest BCUT2D eigenvalue weighted by molar-refractivity contribution is -0.137. The number of carboxylic acid groups (broad SMARTS) is 1. The number of halogens is 2. The number of aromatic nitrogens is 12. The largest absolute Gasteiger partial charge is 0.481 e. The first-order valence-corrected chi connectivity index (χ1v) is 39.5. The number of pyridine rings is 2. The topological polar surface area (TPSA) is 408 Å². The summed E-state index contributed by atoms with van der Waals surface area (Å²) < 4.78 is 52.1. The number of H-pyrrole nitrogens is 2. The van der Waals surface area contributed by atoms with E-state index < -0.39 is 75.7 Å². The van der Waals surface area contributed by atoms with Gasteiger partial charge < -0.3 is 49.6 Å². The summed E-state index contributed by atoms with van der Waals surface area (Å²) in [4.78, 5) is 135. The molecule has 0 saturated heterocycles. The van der Waals surface area contributed by atoms with Gasteiger partial charge in [0.2, 0.25) is 0 Å². The van der Waals surface area contributed by atoms with E-state index in [4.69, 9.17) is 57.6 Å². The highest BCUT2D eigenvalue weighted by molar-refractivity contribution is 7.18. The SMILES string of the molecule is C.C#CCCC1(CCC(=O)Cc2ccc3nc(CCN(CCc4nc5c(N(Cc6ncccc6F)C(=O)OC(C)(C)C)ncnc5s4)C(=O)OC(C)(C)C)[nH]c3c2)N=N1.C#CCCC1(CCC(=O)O)N=N1.CC(C)(C)OC(=O)N(CCc1nc2ccc(N)cc2[nH]1)CCc1nc2c(N(Cc3ncccc3F)C(=O)OC(C)(C)C)ncnc2s1. The number of benzene rings is 2. The highest BCUT2D eigenvalue weighted by Gasteiger charge is 2.41. The highest BCUT2D eigenvalue weighted by atomic mass is 32.1. The van der Waals surface area contributed by atoms with Crippen LogP contribution in [0.1, 0.15) is 180 Å². The number of carboxylic acids is 1. The molecule has 624 valence electrons. The Labute approximate surface area is 690 Å². The van der Waals surface area contributed by atoms with Crippen molar-refractivity contribution in [1.29, 1.82) is 0 Å². The molecular formula is C82H99F2N21O11S2. The average Bonchev–Trinajstić information content (AvgIpc) is 1.58. The van der Waals surface area contributed by atoms with Crippen molar-refractivity contribution in [2.24, 2.45) is 20.5 Å². The highest BCUT2D eigenvalue weighted by Crippen LogP contribution is 2.39. The Hall–Kier alpha value is -12.2. The van der Waals surface area contributed by atoms with Crippen LogP contribution < -0.4 is 15.5 Å². The number of aromatic amines is 2. The summed E-state index contributed by atoms with van der Waals surface area (Å²) in [6.07, 6.45) is 19.4. The number of aliphatic carboxylic acids is 1. The Morgan fingerprint density at radius 3 is 1.34 bits per heavy atom. The number of hydrogen-bond donors (Lipinski definition) is 4. The second-order valence-corrected chi connectivity index (χ2v) is 33.9. The monoisotopic (exact) mass is 1660 g/mol. The van der Waals surface area contributed by atoms with E-state index in [2.05, 4.69) is 77.2 Å². The molecule has 2 aromatic carbocycles. The van der Waals surface area contributed by atoms with Crippen LogP contribution in [0.2, 0.25) is 0 Å². The first-order valence-electron chi connectivity index (χ1n) is 37.9. The number of nitrogen functional groups attached to an aromatic ring is 1. The molecule has 32 nitrogen and oxygen atoms in total. The van der Waals surface area contributed by atoms with Crippen LogP contribution in [0.5, 0.6) is 0 Å². The third kappa shape index (κ3) is 26.4. The molecule has 0 spiro atoms. The minimum atomic E-state index is -0.842. The predicted octanol–water partition coefficient (Wildman–Crippen LogP) is 16.0. The lowest BCUT2D eigenvalue weighted by atomic mass is 9.98. The van der Waals surface area contributed by atoms with Crippen molar-refractivity contribution in [2.75, 3.05) is 41.7 Å². The first-order chi connectivity index (χ1) is 55.3. The van der Waals surface area contributed by atoms with Crippen LogP contribution in [0.3, 0.4) is 0 Å². The Balaban J connectivity index is 0.000000237. The number of amides is 4. The third-order valence-electron chi connectivity index (χ3n) is 17.4. The van der Waals surface area contributed by atoms with Crippen LogP contribution in [0.15, 0.2) is 106 Å². The van der Waals surface area contributed by atoms with Crippen molar-refractivity contribution in [3.63, 3.8) is 0 Å². The Morgan fingerprint density at radius 2 is 0.932 bits per heavy atom. The number of nitrogens with two attached hydrogens (primary N) is 1. The maximum Gasteiger partial charge on any atom is 0.416 e. The normalized spacial score (nSPS) is 13.1. The van der Waals surface area contributed by atoms with Gasteiger partial charge in [-0.3, -0.25) is 29.4 Å². The number of Topliss-reactive ketones (excluding diaryl/α,β-unsaturated/α-hetero) is 1. The van der Waals surface area contributed by atoms with E-state index in [9.17, 15) is 37.5 Å². The van der Waals surface area contributed by atoms with Gasteiger partial charge in [0.15, 0.2) is 23.0 Å². The standard InChI is InChI=1S/C41H47FN10O5S.C32H38FN9O4S.C8H10N2O2.CH4/c1-8-9-17-41(49-50-41)18-14-27(53)22-26-12-13-29-30(23-26)47-32(46-29)15-20-51(37(54)56-39(2,3)4)21-16-33-48-34-35(44-25-45-36(34)58-33)52(38(55)57-40(5,6)7)24-31-28(42)11-10-19-43-31;1-31(2,3)45-29(43)41(14-11-24-38-21-10-9-19(34)16-22(21)39-24)15-12-25-40-26-27(36-18-37-28(26)47-25)42(30(44)46-32(4,5)6)17-23-20(33)8-7-13-35-23;1-2-3-5-8(9-10-8)6-4-7(11)12;/h1,10-13,19,23,25H,9,14-18,20-22,24H2,2-7H3,(H,46,47);7-10,13,16,18H,11-12,14-15,17,34H2,1-6H3,(H,38,39);1H,3-6H2,(H,11,12);1H4. The van der Waals surface area contributed by atoms with Gasteiger partial charge in [-0.1, -0.05) is 36.2 Å². The fourth-order valence-electron chi connectivity index (χ4n) is 11.7. The minimum Gasteiger partial charge on any atom is -0.481 e. The van der Waals surface area contributed by atoms with Gasteiger partial charge in [-0.25, -0.2) is 67.8 Å². The summed E-state index contributed by atoms with van der Waals surface area (Å²) in [6, 6.07) is 16.6. The Kier molecular flexibility index (Phi) is 29.4. The first kappa shape index (κ1) is 89.7. The number of carbonyl (C=O) groups is 6. The molecule has 12 rings (SSSR count). The van der Waals surface area contributed by atoms with Crippen LogP contribution in [-0.4, -0.2) is 171 Å². The fourth-order valence-corrected chi connectivity index (χ4v) is 13.4. The molecule has 8 aromatic heterocycles. The number of ketones is 1. The predicted molar refractivity (Wildman–Crippen MR) is 444 cm³/mol. The van der Waals surface area contributed by atoms with Crippen molar-refractivity contribution < 1.29 is 61.6 Å². The van der Waals surface area contributed by atoms with Gasteiger partial charge in [-0.05, 0) is 143 Å². The van der Waals surface area contributed by atoms with Crippen molar-refractivity contribution >= 4 is 119 Å². The van der Waals surface area contributed by atoms with Crippen LogP contribution in [-0.2, 0) is 73.7 Å². The molecule has 5 N–H and O–H groups in total. The van der Waals surface area contributed by atoms with E-state index in [0.717, 1.165) is 27.6 Å².